The zero-order chi connectivity index (χ0) is 21.1. The van der Waals surface area contributed by atoms with E-state index < -0.39 is 0 Å². The molecular formula is C20H15ClN4O2S3. The Morgan fingerprint density at radius 3 is 2.77 bits per heavy atom. The largest absolute Gasteiger partial charge is 0.322 e. The predicted octanol–water partition coefficient (Wildman–Crippen LogP) is 5.78. The molecular weight excluding hydrogens is 460 g/mol. The molecule has 152 valence electrons. The highest BCUT2D eigenvalue weighted by Crippen LogP contribution is 2.34. The van der Waals surface area contributed by atoms with Gasteiger partial charge >= 0.3 is 0 Å². The molecule has 30 heavy (non-hydrogen) atoms. The van der Waals surface area contributed by atoms with Gasteiger partial charge in [0.25, 0.3) is 5.91 Å². The molecule has 0 radical (unpaired) electrons. The minimum absolute atomic E-state index is 0.123. The predicted molar refractivity (Wildman–Crippen MR) is 125 cm³/mol. The van der Waals surface area contributed by atoms with Crippen LogP contribution in [0.2, 0.25) is 5.02 Å². The lowest BCUT2D eigenvalue weighted by molar-refractivity contribution is -0.115. The molecule has 2 amide bonds. The molecule has 2 N–H and O–H groups in total. The Hall–Kier alpha value is -2.46. The van der Waals surface area contributed by atoms with Crippen LogP contribution >= 0.6 is 46.0 Å². The van der Waals surface area contributed by atoms with Gasteiger partial charge in [0.15, 0.2) is 9.47 Å². The Morgan fingerprint density at radius 1 is 1.17 bits per heavy atom. The number of nitrogens with one attached hydrogen (secondary N) is 2. The molecule has 4 aromatic rings. The summed E-state index contributed by atoms with van der Waals surface area (Å²) in [4.78, 5) is 33.4. The third kappa shape index (κ3) is 4.81. The van der Waals surface area contributed by atoms with E-state index in [2.05, 4.69) is 20.6 Å². The average Bonchev–Trinajstić information content (AvgIpc) is 3.37. The van der Waals surface area contributed by atoms with Gasteiger partial charge in [0.2, 0.25) is 5.91 Å². The molecule has 4 rings (SSSR count). The SMILES string of the molecule is CC(Sc1nc2ccc(NC(=O)c3ccccc3Cl)cc2s1)C(=O)Nc1nccs1. The Labute approximate surface area is 189 Å². The summed E-state index contributed by atoms with van der Waals surface area (Å²) in [6.07, 6.45) is 1.65. The van der Waals surface area contributed by atoms with Crippen LogP contribution in [0, 0.1) is 0 Å². The van der Waals surface area contributed by atoms with Crippen molar-refractivity contribution in [3.63, 3.8) is 0 Å². The zero-order valence-corrected chi connectivity index (χ0v) is 18.8. The molecule has 0 aliphatic carbocycles. The summed E-state index contributed by atoms with van der Waals surface area (Å²) in [5, 5.41) is 8.12. The van der Waals surface area contributed by atoms with E-state index in [1.807, 2.05) is 24.4 Å². The lowest BCUT2D eigenvalue weighted by atomic mass is 10.2. The van der Waals surface area contributed by atoms with Gasteiger partial charge in [-0.15, -0.1) is 22.7 Å². The van der Waals surface area contributed by atoms with Crippen LogP contribution in [-0.4, -0.2) is 27.0 Å². The fraction of sp³-hybridized carbons (Fsp3) is 0.100. The van der Waals surface area contributed by atoms with E-state index >= 15 is 0 Å². The molecule has 2 aromatic carbocycles. The molecule has 0 spiro atoms. The van der Waals surface area contributed by atoms with Crippen molar-refractivity contribution in [3.8, 4) is 0 Å². The van der Waals surface area contributed by atoms with Gasteiger partial charge in [0, 0.05) is 17.3 Å². The second-order valence-corrected chi connectivity index (χ2v) is 10.1. The maximum absolute atomic E-state index is 12.5. The van der Waals surface area contributed by atoms with E-state index in [1.54, 1.807) is 36.5 Å². The van der Waals surface area contributed by atoms with Gasteiger partial charge in [0.05, 0.1) is 26.1 Å². The fourth-order valence-corrected chi connectivity index (χ4v) is 5.58. The first-order valence-electron chi connectivity index (χ1n) is 8.83. The van der Waals surface area contributed by atoms with E-state index in [4.69, 9.17) is 11.6 Å². The van der Waals surface area contributed by atoms with Crippen molar-refractivity contribution in [3.05, 3.63) is 64.6 Å². The van der Waals surface area contributed by atoms with Gasteiger partial charge in [-0.05, 0) is 37.3 Å². The van der Waals surface area contributed by atoms with E-state index in [0.717, 1.165) is 14.6 Å². The molecule has 6 nitrogen and oxygen atoms in total. The summed E-state index contributed by atoms with van der Waals surface area (Å²) in [6, 6.07) is 12.4. The maximum atomic E-state index is 12.5. The van der Waals surface area contributed by atoms with Crippen LogP contribution in [0.15, 0.2) is 58.4 Å². The first-order valence-corrected chi connectivity index (χ1v) is 11.8. The van der Waals surface area contributed by atoms with Crippen LogP contribution in [0.25, 0.3) is 10.2 Å². The molecule has 1 unspecified atom stereocenters. The van der Waals surface area contributed by atoms with Gasteiger partial charge in [0.1, 0.15) is 0 Å². The summed E-state index contributed by atoms with van der Waals surface area (Å²) in [6.45, 7) is 1.83. The lowest BCUT2D eigenvalue weighted by Crippen LogP contribution is -2.22. The lowest BCUT2D eigenvalue weighted by Gasteiger charge is -2.07. The standard InChI is InChI=1S/C20H15ClN4O2S3/c1-11(17(26)25-19-22-8-9-28-19)29-20-24-15-7-6-12(10-16(15)30-20)23-18(27)13-4-2-3-5-14(13)21/h2-11H,1H3,(H,23,27)(H,22,25,26). The van der Waals surface area contributed by atoms with Crippen LogP contribution in [0.5, 0.6) is 0 Å². The maximum Gasteiger partial charge on any atom is 0.257 e. The number of carbonyl (C=O) groups is 2. The first-order chi connectivity index (χ1) is 14.5. The topological polar surface area (TPSA) is 84.0 Å². The third-order valence-electron chi connectivity index (χ3n) is 4.05. The van der Waals surface area contributed by atoms with E-state index in [1.165, 1.54) is 34.4 Å². The van der Waals surface area contributed by atoms with E-state index in [9.17, 15) is 9.59 Å². The highest BCUT2D eigenvalue weighted by atomic mass is 35.5. The zero-order valence-electron chi connectivity index (χ0n) is 15.6. The second kappa shape index (κ2) is 9.13. The number of anilines is 2. The van der Waals surface area contributed by atoms with Crippen molar-refractivity contribution in [1.29, 1.82) is 0 Å². The van der Waals surface area contributed by atoms with Crippen molar-refractivity contribution in [1.82, 2.24) is 9.97 Å². The van der Waals surface area contributed by atoms with Crippen molar-refractivity contribution in [2.45, 2.75) is 16.5 Å². The highest BCUT2D eigenvalue weighted by Gasteiger charge is 2.18. The normalized spacial score (nSPS) is 11.9. The van der Waals surface area contributed by atoms with Crippen LogP contribution in [0.1, 0.15) is 17.3 Å². The fourth-order valence-electron chi connectivity index (χ4n) is 2.57. The smallest absolute Gasteiger partial charge is 0.257 e. The molecule has 0 fully saturated rings. The number of carbonyl (C=O) groups excluding carboxylic acids is 2. The number of hydrogen-bond acceptors (Lipinski definition) is 7. The summed E-state index contributed by atoms with van der Waals surface area (Å²) in [5.41, 5.74) is 1.88. The molecule has 0 saturated heterocycles. The first kappa shape index (κ1) is 20.8. The molecule has 0 aliphatic heterocycles. The number of rotatable bonds is 6. The summed E-state index contributed by atoms with van der Waals surface area (Å²) in [7, 11) is 0. The van der Waals surface area contributed by atoms with Crippen LogP contribution in [-0.2, 0) is 4.79 Å². The number of aromatic nitrogens is 2. The highest BCUT2D eigenvalue weighted by molar-refractivity contribution is 8.02. The molecule has 0 aliphatic rings. The number of amides is 2. The average molecular weight is 475 g/mol. The number of thioether (sulfide) groups is 1. The summed E-state index contributed by atoms with van der Waals surface area (Å²) < 4.78 is 1.70. The van der Waals surface area contributed by atoms with Gasteiger partial charge in [-0.1, -0.05) is 35.5 Å². The summed E-state index contributed by atoms with van der Waals surface area (Å²) in [5.74, 6) is -0.395. The van der Waals surface area contributed by atoms with Crippen LogP contribution in [0.4, 0.5) is 10.8 Å². The van der Waals surface area contributed by atoms with Crippen molar-refractivity contribution in [2.24, 2.45) is 0 Å². The van der Waals surface area contributed by atoms with E-state index in [-0.39, 0.29) is 17.1 Å². The molecule has 2 heterocycles. The second-order valence-electron chi connectivity index (χ2n) is 6.18. The van der Waals surface area contributed by atoms with E-state index in [0.29, 0.717) is 21.4 Å². The number of benzene rings is 2. The van der Waals surface area contributed by atoms with Crippen LogP contribution in [0.3, 0.4) is 0 Å². The Balaban J connectivity index is 1.45. The monoisotopic (exact) mass is 474 g/mol. The van der Waals surface area contributed by atoms with Crippen LogP contribution < -0.4 is 10.6 Å². The number of hydrogen-bond donors (Lipinski definition) is 2. The Bertz CT molecular complexity index is 1210. The van der Waals surface area contributed by atoms with Crippen molar-refractivity contribution in [2.75, 3.05) is 10.6 Å². The summed E-state index contributed by atoms with van der Waals surface area (Å²) >= 11 is 10.3. The minimum atomic E-state index is -0.325. The minimum Gasteiger partial charge on any atom is -0.322 e. The van der Waals surface area contributed by atoms with Gasteiger partial charge in [-0.3, -0.25) is 9.59 Å². The number of halogens is 1. The number of nitrogens with zero attached hydrogens (tertiary/aromatic N) is 2. The Morgan fingerprint density at radius 2 is 2.00 bits per heavy atom. The van der Waals surface area contributed by atoms with Crippen molar-refractivity contribution < 1.29 is 9.59 Å². The van der Waals surface area contributed by atoms with Gasteiger partial charge in [-0.25, -0.2) is 9.97 Å². The molecule has 2 aromatic heterocycles. The quantitative estimate of drug-likeness (QED) is 0.346. The number of thiazole rings is 2. The number of fused-ring (bicyclic) bond motifs is 1. The van der Waals surface area contributed by atoms with Gasteiger partial charge < -0.3 is 10.6 Å². The van der Waals surface area contributed by atoms with Gasteiger partial charge in [-0.2, -0.15) is 0 Å². The molecule has 10 heteroatoms. The molecule has 0 bridgehead atoms. The Kier molecular flexibility index (Phi) is 6.33. The molecule has 0 saturated carbocycles. The molecule has 1 atom stereocenters. The third-order valence-corrected chi connectivity index (χ3v) is 7.28. The van der Waals surface area contributed by atoms with Crippen molar-refractivity contribution >= 4 is 78.9 Å².